The maximum absolute atomic E-state index is 9.54. The van der Waals surface area contributed by atoms with Crippen molar-refractivity contribution in [3.8, 4) is 0 Å². The van der Waals surface area contributed by atoms with Crippen molar-refractivity contribution in [2.75, 3.05) is 11.4 Å². The number of hydrogen-bond acceptors (Lipinski definition) is 2. The molecule has 1 saturated carbocycles. The topological polar surface area (TPSA) is 23.5 Å². The molecule has 1 aromatic rings. The van der Waals surface area contributed by atoms with E-state index in [1.54, 1.807) is 0 Å². The Labute approximate surface area is 111 Å². The maximum Gasteiger partial charge on any atom is 0.0761 e. The summed E-state index contributed by atoms with van der Waals surface area (Å²) in [4.78, 5) is 2.53. The van der Waals surface area contributed by atoms with Crippen LogP contribution >= 0.6 is 0 Å². The van der Waals surface area contributed by atoms with Crippen LogP contribution < -0.4 is 4.90 Å². The molecule has 2 rings (SSSR count). The van der Waals surface area contributed by atoms with Gasteiger partial charge in [-0.3, -0.25) is 0 Å². The molecule has 1 aliphatic rings. The first-order valence-corrected chi connectivity index (χ1v) is 7.12. The molecule has 0 aliphatic heterocycles. The molecular weight excluding hydrogens is 222 g/mol. The van der Waals surface area contributed by atoms with Crippen molar-refractivity contribution in [2.45, 2.75) is 52.2 Å². The molecule has 1 N–H and O–H groups in total. The van der Waals surface area contributed by atoms with E-state index in [0.29, 0.717) is 0 Å². The SMILES string of the molecule is CC(C)CCN(c1ccc([C@@H](C)O)cc1)C1CC1. The minimum absolute atomic E-state index is 0.371. The third-order valence-corrected chi connectivity index (χ3v) is 3.64. The van der Waals surface area contributed by atoms with Crippen LogP contribution in [0.1, 0.15) is 51.7 Å². The molecule has 0 aromatic heterocycles. The molecule has 0 heterocycles. The summed E-state index contributed by atoms with van der Waals surface area (Å²) in [7, 11) is 0. The largest absolute Gasteiger partial charge is 0.389 e. The Hall–Kier alpha value is -1.02. The second-order valence-electron chi connectivity index (χ2n) is 5.87. The van der Waals surface area contributed by atoms with E-state index in [0.717, 1.165) is 24.1 Å². The Bertz CT molecular complexity index is 365. The van der Waals surface area contributed by atoms with Crippen LogP contribution in [-0.2, 0) is 0 Å². The fraction of sp³-hybridized carbons (Fsp3) is 0.625. The summed E-state index contributed by atoms with van der Waals surface area (Å²) in [6.07, 6.45) is 3.53. The van der Waals surface area contributed by atoms with Crippen LogP contribution in [0.4, 0.5) is 5.69 Å². The molecule has 0 amide bonds. The molecule has 1 fully saturated rings. The molecule has 100 valence electrons. The van der Waals surface area contributed by atoms with E-state index < -0.39 is 0 Å². The first kappa shape index (κ1) is 13.4. The fourth-order valence-corrected chi connectivity index (χ4v) is 2.25. The number of hydrogen-bond donors (Lipinski definition) is 1. The van der Waals surface area contributed by atoms with E-state index in [4.69, 9.17) is 0 Å². The van der Waals surface area contributed by atoms with Crippen molar-refractivity contribution in [3.05, 3.63) is 29.8 Å². The van der Waals surface area contributed by atoms with Crippen molar-refractivity contribution in [1.82, 2.24) is 0 Å². The number of nitrogens with zero attached hydrogens (tertiary/aromatic N) is 1. The van der Waals surface area contributed by atoms with Gasteiger partial charge in [-0.1, -0.05) is 26.0 Å². The van der Waals surface area contributed by atoms with Gasteiger partial charge in [-0.2, -0.15) is 0 Å². The van der Waals surface area contributed by atoms with Gasteiger partial charge in [0.25, 0.3) is 0 Å². The van der Waals surface area contributed by atoms with Gasteiger partial charge in [0.2, 0.25) is 0 Å². The van der Waals surface area contributed by atoms with Crippen LogP contribution in [0.25, 0.3) is 0 Å². The van der Waals surface area contributed by atoms with Crippen molar-refractivity contribution >= 4 is 5.69 Å². The standard InChI is InChI=1S/C16H25NO/c1-12(2)10-11-17(16-8-9-16)15-6-4-14(5-7-15)13(3)18/h4-7,12-13,16,18H,8-11H2,1-3H3/t13-/m1/s1. The van der Waals surface area contributed by atoms with E-state index in [2.05, 4.69) is 30.9 Å². The lowest BCUT2D eigenvalue weighted by Crippen LogP contribution is -2.27. The van der Waals surface area contributed by atoms with E-state index in [9.17, 15) is 5.11 Å². The zero-order valence-corrected chi connectivity index (χ0v) is 11.8. The molecule has 2 nitrogen and oxygen atoms in total. The molecule has 1 atom stereocenters. The van der Waals surface area contributed by atoms with Crippen LogP contribution in [0.5, 0.6) is 0 Å². The molecule has 0 bridgehead atoms. The molecule has 0 saturated heterocycles. The Morgan fingerprint density at radius 2 is 1.78 bits per heavy atom. The smallest absolute Gasteiger partial charge is 0.0761 e. The normalized spacial score (nSPS) is 16.9. The van der Waals surface area contributed by atoms with Gasteiger partial charge in [-0.05, 0) is 49.8 Å². The summed E-state index contributed by atoms with van der Waals surface area (Å²) in [5, 5.41) is 9.54. The van der Waals surface area contributed by atoms with Crippen LogP contribution in [0, 0.1) is 5.92 Å². The van der Waals surface area contributed by atoms with E-state index in [1.165, 1.54) is 24.9 Å². The lowest BCUT2D eigenvalue weighted by Gasteiger charge is -2.26. The number of aliphatic hydroxyl groups excluding tert-OH is 1. The summed E-state index contributed by atoms with van der Waals surface area (Å²) in [5.74, 6) is 0.753. The predicted molar refractivity (Wildman–Crippen MR) is 76.9 cm³/mol. The Kier molecular flexibility index (Phi) is 4.28. The highest BCUT2D eigenvalue weighted by molar-refractivity contribution is 5.50. The monoisotopic (exact) mass is 247 g/mol. The van der Waals surface area contributed by atoms with E-state index >= 15 is 0 Å². The molecular formula is C16H25NO. The fourth-order valence-electron chi connectivity index (χ4n) is 2.25. The van der Waals surface area contributed by atoms with Crippen LogP contribution in [-0.4, -0.2) is 17.7 Å². The zero-order chi connectivity index (χ0) is 13.1. The van der Waals surface area contributed by atoms with Gasteiger partial charge in [0, 0.05) is 18.3 Å². The average Bonchev–Trinajstić information content (AvgIpc) is 3.14. The third kappa shape index (κ3) is 3.49. The van der Waals surface area contributed by atoms with Gasteiger partial charge in [-0.25, -0.2) is 0 Å². The highest BCUT2D eigenvalue weighted by Gasteiger charge is 2.28. The molecule has 18 heavy (non-hydrogen) atoms. The molecule has 0 unspecified atom stereocenters. The highest BCUT2D eigenvalue weighted by Crippen LogP contribution is 2.32. The Balaban J connectivity index is 2.05. The Morgan fingerprint density at radius 1 is 1.17 bits per heavy atom. The lowest BCUT2D eigenvalue weighted by molar-refractivity contribution is 0.199. The quantitative estimate of drug-likeness (QED) is 0.827. The summed E-state index contributed by atoms with van der Waals surface area (Å²) in [5.41, 5.74) is 2.31. The number of anilines is 1. The summed E-state index contributed by atoms with van der Waals surface area (Å²) < 4.78 is 0. The molecule has 1 aromatic carbocycles. The van der Waals surface area contributed by atoms with Gasteiger partial charge in [-0.15, -0.1) is 0 Å². The number of aliphatic hydroxyl groups is 1. The van der Waals surface area contributed by atoms with Crippen molar-refractivity contribution in [3.63, 3.8) is 0 Å². The van der Waals surface area contributed by atoms with Gasteiger partial charge in [0.05, 0.1) is 6.10 Å². The molecule has 2 heteroatoms. The summed E-state index contributed by atoms with van der Waals surface area (Å²) in [6, 6.07) is 9.15. The van der Waals surface area contributed by atoms with E-state index in [-0.39, 0.29) is 6.10 Å². The van der Waals surface area contributed by atoms with Crippen molar-refractivity contribution in [1.29, 1.82) is 0 Å². The van der Waals surface area contributed by atoms with Gasteiger partial charge < -0.3 is 10.0 Å². The highest BCUT2D eigenvalue weighted by atomic mass is 16.3. The number of benzene rings is 1. The van der Waals surface area contributed by atoms with Crippen molar-refractivity contribution in [2.24, 2.45) is 5.92 Å². The van der Waals surface area contributed by atoms with Gasteiger partial charge in [0.1, 0.15) is 0 Å². The minimum Gasteiger partial charge on any atom is -0.389 e. The molecule has 0 spiro atoms. The second-order valence-corrected chi connectivity index (χ2v) is 5.87. The first-order valence-electron chi connectivity index (χ1n) is 7.12. The van der Waals surface area contributed by atoms with Crippen LogP contribution in [0.2, 0.25) is 0 Å². The zero-order valence-electron chi connectivity index (χ0n) is 11.8. The maximum atomic E-state index is 9.54. The minimum atomic E-state index is -0.371. The lowest BCUT2D eigenvalue weighted by atomic mass is 10.1. The second kappa shape index (κ2) is 5.75. The summed E-state index contributed by atoms with van der Waals surface area (Å²) in [6.45, 7) is 7.52. The third-order valence-electron chi connectivity index (χ3n) is 3.64. The van der Waals surface area contributed by atoms with E-state index in [1.807, 2.05) is 19.1 Å². The average molecular weight is 247 g/mol. The van der Waals surface area contributed by atoms with Crippen LogP contribution in [0.15, 0.2) is 24.3 Å². The molecule has 0 radical (unpaired) electrons. The van der Waals surface area contributed by atoms with Crippen molar-refractivity contribution < 1.29 is 5.11 Å². The van der Waals surface area contributed by atoms with Crippen LogP contribution in [0.3, 0.4) is 0 Å². The first-order chi connectivity index (χ1) is 8.58. The predicted octanol–water partition coefficient (Wildman–Crippen LogP) is 3.75. The van der Waals surface area contributed by atoms with Gasteiger partial charge in [0.15, 0.2) is 0 Å². The number of rotatable bonds is 6. The Morgan fingerprint density at radius 3 is 2.22 bits per heavy atom. The van der Waals surface area contributed by atoms with Gasteiger partial charge >= 0.3 is 0 Å². The molecule has 1 aliphatic carbocycles. The summed E-state index contributed by atoms with van der Waals surface area (Å²) >= 11 is 0.